The van der Waals surface area contributed by atoms with Crippen molar-refractivity contribution < 1.29 is 13.2 Å². The first-order chi connectivity index (χ1) is 15.6. The topological polar surface area (TPSA) is 78.8 Å². The first kappa shape index (κ1) is 24.9. The molecule has 6 nitrogen and oxygen atoms in total. The number of carbonyl (C=O) groups excluding carboxylic acids is 1. The van der Waals surface area contributed by atoms with Gasteiger partial charge in [0.05, 0.1) is 16.3 Å². The number of sulfonamides is 1. The molecule has 0 saturated carbocycles. The summed E-state index contributed by atoms with van der Waals surface area (Å²) in [4.78, 5) is 12.9. The Morgan fingerprint density at radius 2 is 1.64 bits per heavy atom. The first-order valence-electron chi connectivity index (χ1n) is 10.3. The highest BCUT2D eigenvalue weighted by molar-refractivity contribution is 14.1. The van der Waals surface area contributed by atoms with Crippen LogP contribution in [0, 0.1) is 24.3 Å². The molecule has 0 aliphatic rings. The van der Waals surface area contributed by atoms with E-state index in [0.29, 0.717) is 11.4 Å². The van der Waals surface area contributed by atoms with E-state index in [4.69, 9.17) is 0 Å². The molecule has 0 aliphatic heterocycles. The lowest BCUT2D eigenvalue weighted by Crippen LogP contribution is -2.40. The van der Waals surface area contributed by atoms with E-state index in [9.17, 15) is 13.2 Å². The molecule has 1 N–H and O–H groups in total. The summed E-state index contributed by atoms with van der Waals surface area (Å²) in [6.45, 7) is 7.04. The number of carbonyl (C=O) groups is 1. The molecular weight excluding hydrogens is 549 g/mol. The Balaban J connectivity index is 1.92. The average molecular weight is 575 g/mol. The highest BCUT2D eigenvalue weighted by Crippen LogP contribution is 2.27. The minimum atomic E-state index is -3.97. The van der Waals surface area contributed by atoms with Crippen LogP contribution in [0.25, 0.3) is 0 Å². The van der Waals surface area contributed by atoms with Crippen molar-refractivity contribution in [1.29, 1.82) is 0 Å². The Morgan fingerprint density at radius 3 is 2.27 bits per heavy atom. The SMILES string of the molecule is C/C(=N/NC(=O)CN(c1ccc(C)cc1C)S(=O)(=O)c1ccc(C)cc1)c1cccc(I)c1. The summed E-state index contributed by atoms with van der Waals surface area (Å²) in [6.07, 6.45) is 0. The van der Waals surface area contributed by atoms with Gasteiger partial charge in [-0.25, -0.2) is 13.8 Å². The zero-order chi connectivity index (χ0) is 24.2. The number of aryl methyl sites for hydroxylation is 3. The van der Waals surface area contributed by atoms with E-state index in [1.807, 2.05) is 57.2 Å². The summed E-state index contributed by atoms with van der Waals surface area (Å²) in [5.41, 5.74) is 7.18. The second-order valence-corrected chi connectivity index (χ2v) is 11.0. The number of hydrazone groups is 1. The zero-order valence-electron chi connectivity index (χ0n) is 19.0. The largest absolute Gasteiger partial charge is 0.271 e. The quantitative estimate of drug-likeness (QED) is 0.246. The number of nitrogens with zero attached hydrogens (tertiary/aromatic N) is 2. The molecule has 3 aromatic rings. The van der Waals surface area contributed by atoms with Crippen LogP contribution in [0.4, 0.5) is 5.69 Å². The van der Waals surface area contributed by atoms with Gasteiger partial charge in [-0.15, -0.1) is 0 Å². The van der Waals surface area contributed by atoms with Crippen molar-refractivity contribution in [2.45, 2.75) is 32.6 Å². The molecule has 8 heteroatoms. The number of hydrogen-bond donors (Lipinski definition) is 1. The summed E-state index contributed by atoms with van der Waals surface area (Å²) in [6, 6.07) is 19.8. The van der Waals surface area contributed by atoms with Crippen LogP contribution in [0.1, 0.15) is 29.2 Å². The molecule has 0 aromatic heterocycles. The fraction of sp³-hybridized carbons (Fsp3) is 0.200. The normalized spacial score (nSPS) is 11.8. The Labute approximate surface area is 208 Å². The van der Waals surface area contributed by atoms with Gasteiger partial charge in [-0.05, 0) is 91.7 Å². The van der Waals surface area contributed by atoms with Crippen LogP contribution < -0.4 is 9.73 Å². The third kappa shape index (κ3) is 6.20. The van der Waals surface area contributed by atoms with Gasteiger partial charge < -0.3 is 0 Å². The van der Waals surface area contributed by atoms with E-state index >= 15 is 0 Å². The van der Waals surface area contributed by atoms with E-state index < -0.39 is 22.5 Å². The Kier molecular flexibility index (Phi) is 7.91. The number of nitrogens with one attached hydrogen (secondary N) is 1. The molecule has 0 bridgehead atoms. The van der Waals surface area contributed by atoms with Crippen LogP contribution in [0.15, 0.2) is 76.7 Å². The van der Waals surface area contributed by atoms with Gasteiger partial charge >= 0.3 is 0 Å². The Bertz CT molecular complexity index is 1300. The molecule has 3 aromatic carbocycles. The summed E-state index contributed by atoms with van der Waals surface area (Å²) in [5.74, 6) is -0.532. The third-order valence-electron chi connectivity index (χ3n) is 5.11. The van der Waals surface area contributed by atoms with Gasteiger partial charge in [-0.3, -0.25) is 9.10 Å². The number of halogens is 1. The van der Waals surface area contributed by atoms with E-state index in [-0.39, 0.29) is 4.90 Å². The van der Waals surface area contributed by atoms with E-state index in [2.05, 4.69) is 33.1 Å². The van der Waals surface area contributed by atoms with Crippen LogP contribution in [0.2, 0.25) is 0 Å². The van der Waals surface area contributed by atoms with Crippen molar-refractivity contribution in [3.05, 3.63) is 92.6 Å². The van der Waals surface area contributed by atoms with Crippen molar-refractivity contribution in [1.82, 2.24) is 5.43 Å². The predicted molar refractivity (Wildman–Crippen MR) is 141 cm³/mol. The highest BCUT2D eigenvalue weighted by atomic mass is 127. The molecule has 0 heterocycles. The third-order valence-corrected chi connectivity index (χ3v) is 7.55. The first-order valence-corrected chi connectivity index (χ1v) is 12.9. The molecule has 0 unspecified atom stereocenters. The van der Waals surface area contributed by atoms with Crippen LogP contribution in [-0.2, 0) is 14.8 Å². The second kappa shape index (κ2) is 10.5. The van der Waals surface area contributed by atoms with E-state index in [0.717, 1.165) is 30.1 Å². The molecule has 0 spiro atoms. The standard InChI is InChI=1S/C25H26IN3O3S/c1-17-8-11-23(12-9-17)33(31,32)29(24-13-10-18(2)14-19(24)3)16-25(30)28-27-20(4)21-6-5-7-22(26)15-21/h5-15H,16H2,1-4H3,(H,28,30)/b27-20-. The molecule has 0 atom stereocenters. The Morgan fingerprint density at radius 1 is 0.970 bits per heavy atom. The lowest BCUT2D eigenvalue weighted by molar-refractivity contribution is -0.119. The lowest BCUT2D eigenvalue weighted by atomic mass is 10.1. The smallest absolute Gasteiger partial charge is 0.264 e. The van der Waals surface area contributed by atoms with Crippen LogP contribution in [0.3, 0.4) is 0 Å². The van der Waals surface area contributed by atoms with Crippen molar-refractivity contribution in [3.8, 4) is 0 Å². The van der Waals surface area contributed by atoms with Crippen LogP contribution in [0.5, 0.6) is 0 Å². The number of anilines is 1. The monoisotopic (exact) mass is 575 g/mol. The van der Waals surface area contributed by atoms with Crippen LogP contribution in [-0.4, -0.2) is 26.6 Å². The fourth-order valence-electron chi connectivity index (χ4n) is 3.31. The van der Waals surface area contributed by atoms with Crippen molar-refractivity contribution in [3.63, 3.8) is 0 Å². The van der Waals surface area contributed by atoms with Crippen molar-refractivity contribution in [2.24, 2.45) is 5.10 Å². The van der Waals surface area contributed by atoms with Gasteiger partial charge in [0, 0.05) is 3.57 Å². The van der Waals surface area contributed by atoms with Gasteiger partial charge in [0.2, 0.25) is 0 Å². The van der Waals surface area contributed by atoms with Gasteiger partial charge in [-0.2, -0.15) is 5.10 Å². The number of hydrogen-bond acceptors (Lipinski definition) is 4. The predicted octanol–water partition coefficient (Wildman–Crippen LogP) is 4.95. The molecule has 33 heavy (non-hydrogen) atoms. The second-order valence-electron chi connectivity index (χ2n) is 7.86. The maximum Gasteiger partial charge on any atom is 0.264 e. The molecule has 0 radical (unpaired) electrons. The summed E-state index contributed by atoms with van der Waals surface area (Å²) in [5, 5.41) is 4.18. The van der Waals surface area contributed by atoms with Crippen LogP contribution >= 0.6 is 22.6 Å². The van der Waals surface area contributed by atoms with Gasteiger partial charge in [-0.1, -0.05) is 47.5 Å². The van der Waals surface area contributed by atoms with E-state index in [1.165, 1.54) is 0 Å². The summed E-state index contributed by atoms with van der Waals surface area (Å²) >= 11 is 2.21. The van der Waals surface area contributed by atoms with Crippen molar-refractivity contribution >= 4 is 49.9 Å². The number of benzene rings is 3. The lowest BCUT2D eigenvalue weighted by Gasteiger charge is -2.25. The fourth-order valence-corrected chi connectivity index (χ4v) is 5.34. The maximum absolute atomic E-state index is 13.5. The van der Waals surface area contributed by atoms with Gasteiger partial charge in [0.25, 0.3) is 15.9 Å². The average Bonchev–Trinajstić information content (AvgIpc) is 2.76. The van der Waals surface area contributed by atoms with E-state index in [1.54, 1.807) is 37.3 Å². The summed E-state index contributed by atoms with van der Waals surface area (Å²) < 4.78 is 29.2. The molecule has 0 fully saturated rings. The minimum Gasteiger partial charge on any atom is -0.271 e. The minimum absolute atomic E-state index is 0.124. The zero-order valence-corrected chi connectivity index (χ0v) is 21.9. The van der Waals surface area contributed by atoms with Gasteiger partial charge in [0.15, 0.2) is 0 Å². The van der Waals surface area contributed by atoms with Gasteiger partial charge in [0.1, 0.15) is 6.54 Å². The molecule has 1 amide bonds. The molecule has 0 aliphatic carbocycles. The maximum atomic E-state index is 13.5. The summed E-state index contributed by atoms with van der Waals surface area (Å²) in [7, 11) is -3.97. The number of amides is 1. The molecule has 0 saturated heterocycles. The number of rotatable bonds is 7. The molecule has 172 valence electrons. The molecule has 3 rings (SSSR count). The Hall–Kier alpha value is -2.72. The molecular formula is C25H26IN3O3S. The van der Waals surface area contributed by atoms with Crippen molar-refractivity contribution in [2.75, 3.05) is 10.8 Å². The highest BCUT2D eigenvalue weighted by Gasteiger charge is 2.28.